The Bertz CT molecular complexity index is 1150. The smallest absolute Gasteiger partial charge is 0.325 e. The zero-order chi connectivity index (χ0) is 22.8. The number of hydrogen-bond donors (Lipinski definition) is 0. The zero-order valence-electron chi connectivity index (χ0n) is 18.9. The van der Waals surface area contributed by atoms with Crippen molar-refractivity contribution in [2.24, 2.45) is 0 Å². The minimum Gasteiger partial charge on any atom is -0.465 e. The maximum atomic E-state index is 14.1. The Kier molecular flexibility index (Phi) is 6.31. The van der Waals surface area contributed by atoms with Gasteiger partial charge in [0.15, 0.2) is 0 Å². The van der Waals surface area contributed by atoms with Crippen LogP contribution >= 0.6 is 0 Å². The summed E-state index contributed by atoms with van der Waals surface area (Å²) in [5.41, 5.74) is 5.06. The number of halogens is 1. The molecule has 32 heavy (non-hydrogen) atoms. The van der Waals surface area contributed by atoms with Crippen LogP contribution in [0.4, 0.5) is 4.39 Å². The van der Waals surface area contributed by atoms with Gasteiger partial charge in [0.1, 0.15) is 12.4 Å². The number of ether oxygens (including phenoxy) is 1. The van der Waals surface area contributed by atoms with Crippen molar-refractivity contribution >= 4 is 22.8 Å². The number of nitrogens with zero attached hydrogens (tertiary/aromatic N) is 2. The van der Waals surface area contributed by atoms with Crippen LogP contribution in [0.2, 0.25) is 0 Å². The molecule has 0 saturated carbocycles. The molecule has 168 valence electrons. The topological polar surface area (TPSA) is 51.5 Å². The lowest BCUT2D eigenvalue weighted by Gasteiger charge is -2.32. The van der Waals surface area contributed by atoms with Gasteiger partial charge >= 0.3 is 5.97 Å². The van der Waals surface area contributed by atoms with Gasteiger partial charge in [0.05, 0.1) is 13.0 Å². The van der Waals surface area contributed by atoms with Gasteiger partial charge in [-0.2, -0.15) is 0 Å². The van der Waals surface area contributed by atoms with Crippen molar-refractivity contribution in [1.82, 2.24) is 9.47 Å². The second-order valence-corrected chi connectivity index (χ2v) is 8.54. The summed E-state index contributed by atoms with van der Waals surface area (Å²) < 4.78 is 21.2. The van der Waals surface area contributed by atoms with E-state index in [1.165, 1.54) is 17.7 Å². The van der Waals surface area contributed by atoms with Gasteiger partial charge in [0.2, 0.25) is 5.91 Å². The summed E-state index contributed by atoms with van der Waals surface area (Å²) in [6, 6.07) is 12.7. The number of fused-ring (bicyclic) bond motifs is 3. The van der Waals surface area contributed by atoms with Crippen molar-refractivity contribution < 1.29 is 18.7 Å². The van der Waals surface area contributed by atoms with E-state index in [0.29, 0.717) is 19.4 Å². The quantitative estimate of drug-likeness (QED) is 0.544. The third kappa shape index (κ3) is 4.40. The van der Waals surface area contributed by atoms with E-state index in [9.17, 15) is 14.0 Å². The van der Waals surface area contributed by atoms with Crippen molar-refractivity contribution in [1.29, 1.82) is 0 Å². The molecule has 0 bridgehead atoms. The van der Waals surface area contributed by atoms with Crippen LogP contribution in [-0.4, -0.2) is 41.0 Å². The highest BCUT2D eigenvalue weighted by atomic mass is 19.1. The van der Waals surface area contributed by atoms with E-state index in [0.717, 1.165) is 40.6 Å². The highest BCUT2D eigenvalue weighted by Crippen LogP contribution is 2.34. The van der Waals surface area contributed by atoms with Crippen LogP contribution in [0.25, 0.3) is 10.9 Å². The van der Waals surface area contributed by atoms with Gasteiger partial charge in [-0.05, 0) is 62.4 Å². The number of carbonyl (C=O) groups excluding carboxylic acids is 2. The van der Waals surface area contributed by atoms with E-state index in [1.807, 2.05) is 47.7 Å². The molecule has 1 amide bonds. The Morgan fingerprint density at radius 2 is 1.94 bits per heavy atom. The van der Waals surface area contributed by atoms with Crippen molar-refractivity contribution in [3.8, 4) is 0 Å². The fourth-order valence-electron chi connectivity index (χ4n) is 4.66. The van der Waals surface area contributed by atoms with E-state index in [2.05, 4.69) is 0 Å². The minimum atomic E-state index is -0.306. The number of carbonyl (C=O) groups is 2. The molecule has 0 N–H and O–H groups in total. The lowest BCUT2D eigenvalue weighted by atomic mass is 9.90. The molecule has 3 aromatic rings. The standard InChI is InChI=1S/C26H29FN2O3/c1-4-32-26(31)16-29-23-11-9-19(27)14-21(23)22-15-20(10-12-24(22)29)28(3)25(30)13-18-7-5-17(2)6-8-18/h5-9,11,14,20H,4,10,12-13,15-16H2,1-3H3/t20-/m0/s1. The molecule has 2 aromatic carbocycles. The van der Waals surface area contributed by atoms with Gasteiger partial charge in [0, 0.05) is 29.7 Å². The summed E-state index contributed by atoms with van der Waals surface area (Å²) in [5.74, 6) is -0.535. The third-order valence-corrected chi connectivity index (χ3v) is 6.41. The van der Waals surface area contributed by atoms with E-state index < -0.39 is 0 Å². The van der Waals surface area contributed by atoms with Crippen LogP contribution in [0.5, 0.6) is 0 Å². The SMILES string of the molecule is CCOC(=O)Cn1c2c(c3cc(F)ccc31)C[C@@H](N(C)C(=O)Cc1ccc(C)cc1)CC2. The van der Waals surface area contributed by atoms with Gasteiger partial charge in [-0.1, -0.05) is 29.8 Å². The number of benzene rings is 2. The normalized spacial score (nSPS) is 15.4. The Balaban J connectivity index is 1.59. The number of rotatable bonds is 6. The molecule has 1 aliphatic carbocycles. The van der Waals surface area contributed by atoms with E-state index in [4.69, 9.17) is 4.74 Å². The van der Waals surface area contributed by atoms with Crippen LogP contribution in [0, 0.1) is 12.7 Å². The van der Waals surface area contributed by atoms with Crippen LogP contribution in [0.15, 0.2) is 42.5 Å². The first kappa shape index (κ1) is 22.1. The molecule has 5 nitrogen and oxygen atoms in total. The van der Waals surface area contributed by atoms with Gasteiger partial charge < -0.3 is 14.2 Å². The van der Waals surface area contributed by atoms with E-state index in [-0.39, 0.29) is 30.3 Å². The van der Waals surface area contributed by atoms with Gasteiger partial charge in [-0.3, -0.25) is 9.59 Å². The molecule has 1 aromatic heterocycles. The average molecular weight is 437 g/mol. The Morgan fingerprint density at radius 3 is 2.66 bits per heavy atom. The molecule has 0 unspecified atom stereocenters. The number of aryl methyl sites for hydroxylation is 1. The summed E-state index contributed by atoms with van der Waals surface area (Å²) >= 11 is 0. The third-order valence-electron chi connectivity index (χ3n) is 6.41. The summed E-state index contributed by atoms with van der Waals surface area (Å²) in [5, 5.41) is 0.813. The molecule has 0 fully saturated rings. The number of amides is 1. The molecule has 4 rings (SSSR count). The predicted octanol–water partition coefficient (Wildman–Crippen LogP) is 4.21. The maximum absolute atomic E-state index is 14.1. The molecule has 1 heterocycles. The largest absolute Gasteiger partial charge is 0.465 e. The summed E-state index contributed by atoms with van der Waals surface area (Å²) in [6.45, 7) is 4.24. The zero-order valence-corrected chi connectivity index (χ0v) is 18.9. The molecule has 1 aliphatic rings. The molecular weight excluding hydrogens is 407 g/mol. The monoisotopic (exact) mass is 436 g/mol. The fourth-order valence-corrected chi connectivity index (χ4v) is 4.66. The van der Waals surface area contributed by atoms with Crippen LogP contribution in [-0.2, 0) is 40.1 Å². The first-order valence-electron chi connectivity index (χ1n) is 11.1. The Labute approximate surface area is 187 Å². The Morgan fingerprint density at radius 1 is 1.19 bits per heavy atom. The molecule has 0 saturated heterocycles. The van der Waals surface area contributed by atoms with Crippen molar-refractivity contribution in [3.05, 3.63) is 70.7 Å². The number of likely N-dealkylation sites (N-methyl/N-ethyl adjacent to an activating group) is 1. The molecular formula is C26H29FN2O3. The molecule has 0 radical (unpaired) electrons. The highest BCUT2D eigenvalue weighted by Gasteiger charge is 2.30. The number of esters is 1. The molecule has 1 atom stereocenters. The van der Waals surface area contributed by atoms with Crippen molar-refractivity contribution in [2.75, 3.05) is 13.7 Å². The number of hydrogen-bond acceptors (Lipinski definition) is 3. The van der Waals surface area contributed by atoms with Gasteiger partial charge in [-0.25, -0.2) is 4.39 Å². The lowest BCUT2D eigenvalue weighted by Crippen LogP contribution is -2.41. The fraction of sp³-hybridized carbons (Fsp3) is 0.385. The van der Waals surface area contributed by atoms with Crippen molar-refractivity contribution in [3.63, 3.8) is 0 Å². The second-order valence-electron chi connectivity index (χ2n) is 8.54. The second kappa shape index (κ2) is 9.15. The first-order valence-corrected chi connectivity index (χ1v) is 11.1. The van der Waals surface area contributed by atoms with Crippen LogP contribution < -0.4 is 0 Å². The summed E-state index contributed by atoms with van der Waals surface area (Å²) in [7, 11) is 1.85. The molecule has 0 spiro atoms. The predicted molar refractivity (Wildman–Crippen MR) is 122 cm³/mol. The van der Waals surface area contributed by atoms with Crippen LogP contribution in [0.1, 0.15) is 35.7 Å². The van der Waals surface area contributed by atoms with E-state index >= 15 is 0 Å². The number of aromatic nitrogens is 1. The van der Waals surface area contributed by atoms with E-state index in [1.54, 1.807) is 13.0 Å². The van der Waals surface area contributed by atoms with Gasteiger partial charge in [-0.15, -0.1) is 0 Å². The maximum Gasteiger partial charge on any atom is 0.325 e. The highest BCUT2D eigenvalue weighted by molar-refractivity contribution is 5.88. The summed E-state index contributed by atoms with van der Waals surface area (Å²) in [4.78, 5) is 27.0. The molecule has 0 aliphatic heterocycles. The molecule has 6 heteroatoms. The summed E-state index contributed by atoms with van der Waals surface area (Å²) in [6.07, 6.45) is 2.52. The minimum absolute atomic E-state index is 0.0327. The van der Waals surface area contributed by atoms with Crippen LogP contribution in [0.3, 0.4) is 0 Å². The lowest BCUT2D eigenvalue weighted by molar-refractivity contribution is -0.143. The Hall–Kier alpha value is -3.15. The average Bonchev–Trinajstić information content (AvgIpc) is 3.07. The van der Waals surface area contributed by atoms with Crippen molar-refractivity contribution in [2.45, 2.75) is 52.1 Å². The van der Waals surface area contributed by atoms with Gasteiger partial charge in [0.25, 0.3) is 0 Å². The first-order chi connectivity index (χ1) is 15.4.